The first-order valence-corrected chi connectivity index (χ1v) is 9.57. The van der Waals surface area contributed by atoms with Gasteiger partial charge < -0.3 is 9.88 Å². The van der Waals surface area contributed by atoms with Crippen LogP contribution in [0.2, 0.25) is 10.0 Å². The SMILES string of the molecule is CCc1cc(=O)n2nc(Br)nc2n1CC(=O)Nc1cc(Cl)c(C(F)(F)F)cc1Cl. The Kier molecular flexibility index (Phi) is 5.93. The molecule has 3 aromatic rings. The number of rotatable bonds is 4. The fraction of sp³-hybridized carbons (Fsp3) is 0.250. The third-order valence-electron chi connectivity index (χ3n) is 3.95. The summed E-state index contributed by atoms with van der Waals surface area (Å²) >= 11 is 14.6. The summed E-state index contributed by atoms with van der Waals surface area (Å²) in [7, 11) is 0. The summed E-state index contributed by atoms with van der Waals surface area (Å²) in [5.41, 5.74) is -1.07. The van der Waals surface area contributed by atoms with Gasteiger partial charge in [-0.2, -0.15) is 22.7 Å². The average Bonchev–Trinajstić information content (AvgIpc) is 3.01. The normalized spacial score (nSPS) is 11.8. The minimum absolute atomic E-state index is 0.0765. The molecule has 0 aliphatic rings. The number of halogens is 6. The number of hydrogen-bond donors (Lipinski definition) is 1. The van der Waals surface area contributed by atoms with Crippen molar-refractivity contribution in [2.75, 3.05) is 5.32 Å². The van der Waals surface area contributed by atoms with Crippen LogP contribution in [0.4, 0.5) is 18.9 Å². The van der Waals surface area contributed by atoms with E-state index in [0.29, 0.717) is 18.2 Å². The van der Waals surface area contributed by atoms with Gasteiger partial charge >= 0.3 is 6.18 Å². The number of amides is 1. The zero-order chi connectivity index (χ0) is 21.5. The number of benzene rings is 1. The maximum atomic E-state index is 12.9. The van der Waals surface area contributed by atoms with Crippen LogP contribution in [-0.2, 0) is 23.9 Å². The Hall–Kier alpha value is -2.11. The first-order chi connectivity index (χ1) is 13.5. The second kappa shape index (κ2) is 7.96. The summed E-state index contributed by atoms with van der Waals surface area (Å²) in [6.07, 6.45) is -4.25. The molecule has 0 atom stereocenters. The molecule has 1 aromatic carbocycles. The number of nitrogens with one attached hydrogen (secondary N) is 1. The fourth-order valence-corrected chi connectivity index (χ4v) is 3.47. The van der Waals surface area contributed by atoms with Crippen LogP contribution in [0.5, 0.6) is 0 Å². The van der Waals surface area contributed by atoms with E-state index in [1.807, 2.05) is 0 Å². The molecule has 13 heteroatoms. The molecule has 0 saturated carbocycles. The number of carbonyl (C=O) groups excluding carboxylic acids is 1. The highest BCUT2D eigenvalue weighted by Gasteiger charge is 2.34. The zero-order valence-corrected chi connectivity index (χ0v) is 17.6. The van der Waals surface area contributed by atoms with E-state index in [1.165, 1.54) is 10.6 Å². The van der Waals surface area contributed by atoms with Gasteiger partial charge in [0, 0.05) is 11.8 Å². The Morgan fingerprint density at radius 2 is 1.93 bits per heavy atom. The summed E-state index contributed by atoms with van der Waals surface area (Å²) < 4.78 is 41.3. The third kappa shape index (κ3) is 4.41. The Labute approximate surface area is 179 Å². The molecule has 0 unspecified atom stereocenters. The molecule has 0 saturated heterocycles. The van der Waals surface area contributed by atoms with E-state index in [4.69, 9.17) is 23.2 Å². The molecule has 1 N–H and O–H groups in total. The van der Waals surface area contributed by atoms with Crippen LogP contribution < -0.4 is 10.9 Å². The van der Waals surface area contributed by atoms with Gasteiger partial charge in [0.05, 0.1) is 21.3 Å². The minimum Gasteiger partial charge on any atom is -0.323 e. The lowest BCUT2D eigenvalue weighted by molar-refractivity contribution is -0.137. The van der Waals surface area contributed by atoms with Gasteiger partial charge in [-0.15, -0.1) is 5.10 Å². The van der Waals surface area contributed by atoms with Gasteiger partial charge in [-0.05, 0) is 34.5 Å². The Bertz CT molecular complexity index is 1180. The summed E-state index contributed by atoms with van der Waals surface area (Å²) in [6.45, 7) is 1.50. The van der Waals surface area contributed by atoms with Gasteiger partial charge in [-0.1, -0.05) is 30.1 Å². The molecule has 7 nitrogen and oxygen atoms in total. The molecule has 3 rings (SSSR count). The minimum atomic E-state index is -4.68. The predicted molar refractivity (Wildman–Crippen MR) is 104 cm³/mol. The van der Waals surface area contributed by atoms with Crippen molar-refractivity contribution in [3.8, 4) is 0 Å². The van der Waals surface area contributed by atoms with Crippen LogP contribution >= 0.6 is 39.1 Å². The monoisotopic (exact) mass is 511 g/mol. The number of alkyl halides is 3. The van der Waals surface area contributed by atoms with E-state index in [1.54, 1.807) is 6.92 Å². The summed E-state index contributed by atoms with van der Waals surface area (Å²) in [6, 6.07) is 2.90. The second-order valence-corrected chi connectivity index (χ2v) is 7.39. The molecular weight excluding hydrogens is 502 g/mol. The number of carbonyl (C=O) groups is 1. The van der Waals surface area contributed by atoms with Crippen molar-refractivity contribution in [2.45, 2.75) is 26.1 Å². The Morgan fingerprint density at radius 3 is 2.55 bits per heavy atom. The number of fused-ring (bicyclic) bond motifs is 1. The second-order valence-electron chi connectivity index (χ2n) is 5.86. The van der Waals surface area contributed by atoms with E-state index >= 15 is 0 Å². The van der Waals surface area contributed by atoms with Crippen molar-refractivity contribution in [3.05, 3.63) is 54.6 Å². The molecule has 2 aromatic heterocycles. The first kappa shape index (κ1) is 21.6. The van der Waals surface area contributed by atoms with Crippen molar-refractivity contribution in [1.29, 1.82) is 0 Å². The summed E-state index contributed by atoms with van der Waals surface area (Å²) in [4.78, 5) is 28.7. The highest BCUT2D eigenvalue weighted by atomic mass is 79.9. The predicted octanol–water partition coefficient (Wildman–Crippen LogP) is 4.18. The number of hydrogen-bond acceptors (Lipinski definition) is 4. The molecule has 0 aliphatic carbocycles. The van der Waals surface area contributed by atoms with E-state index in [9.17, 15) is 22.8 Å². The molecule has 1 amide bonds. The van der Waals surface area contributed by atoms with Gasteiger partial charge in [-0.25, -0.2) is 0 Å². The maximum Gasteiger partial charge on any atom is 0.417 e. The Morgan fingerprint density at radius 1 is 1.24 bits per heavy atom. The first-order valence-electron chi connectivity index (χ1n) is 8.02. The molecule has 2 heterocycles. The molecule has 0 bridgehead atoms. The van der Waals surface area contributed by atoms with Crippen LogP contribution in [0, 0.1) is 0 Å². The molecular formula is C16H11BrCl2F3N5O2. The molecule has 0 spiro atoms. The highest BCUT2D eigenvalue weighted by Crippen LogP contribution is 2.39. The topological polar surface area (TPSA) is 81.3 Å². The molecule has 154 valence electrons. The molecule has 0 radical (unpaired) electrons. The molecule has 29 heavy (non-hydrogen) atoms. The van der Waals surface area contributed by atoms with Crippen LogP contribution in [0.3, 0.4) is 0 Å². The standard InChI is InChI=1S/C16H11BrCl2F3N5O2/c1-2-7-3-13(29)27-15(24-14(17)25-27)26(7)6-12(28)23-11-5-9(18)8(4-10(11)19)16(20,21)22/h3-5H,2,6H2,1H3,(H,23,28). The summed E-state index contributed by atoms with van der Waals surface area (Å²) in [5, 5.41) is 5.42. The van der Waals surface area contributed by atoms with Gasteiger partial charge in [-0.3, -0.25) is 9.59 Å². The number of nitrogens with zero attached hydrogens (tertiary/aromatic N) is 4. The number of anilines is 1. The average molecular weight is 513 g/mol. The fourth-order valence-electron chi connectivity index (χ4n) is 2.67. The van der Waals surface area contributed by atoms with Crippen LogP contribution in [0.1, 0.15) is 18.2 Å². The van der Waals surface area contributed by atoms with Crippen LogP contribution in [-0.4, -0.2) is 25.1 Å². The lowest BCUT2D eigenvalue weighted by Crippen LogP contribution is -2.26. The quantitative estimate of drug-likeness (QED) is 0.568. The van der Waals surface area contributed by atoms with E-state index < -0.39 is 28.2 Å². The van der Waals surface area contributed by atoms with E-state index in [0.717, 1.165) is 10.6 Å². The van der Waals surface area contributed by atoms with Crippen molar-refractivity contribution in [3.63, 3.8) is 0 Å². The number of aromatic nitrogens is 4. The third-order valence-corrected chi connectivity index (χ3v) is 4.91. The number of aryl methyl sites for hydroxylation is 1. The van der Waals surface area contributed by atoms with Crippen molar-refractivity contribution < 1.29 is 18.0 Å². The van der Waals surface area contributed by atoms with Gasteiger partial charge in [0.1, 0.15) is 6.54 Å². The van der Waals surface area contributed by atoms with Crippen LogP contribution in [0.15, 0.2) is 27.7 Å². The van der Waals surface area contributed by atoms with Gasteiger partial charge in [0.25, 0.3) is 5.56 Å². The molecule has 0 fully saturated rings. The smallest absolute Gasteiger partial charge is 0.323 e. The maximum absolute atomic E-state index is 12.9. The highest BCUT2D eigenvalue weighted by molar-refractivity contribution is 9.10. The van der Waals surface area contributed by atoms with Crippen molar-refractivity contribution in [2.24, 2.45) is 0 Å². The summed E-state index contributed by atoms with van der Waals surface area (Å²) in [5.74, 6) is -0.477. The zero-order valence-electron chi connectivity index (χ0n) is 14.5. The van der Waals surface area contributed by atoms with Gasteiger partial charge in [0.2, 0.25) is 16.4 Å². The van der Waals surface area contributed by atoms with Crippen LogP contribution in [0.25, 0.3) is 5.78 Å². The Balaban J connectivity index is 1.94. The van der Waals surface area contributed by atoms with Crippen molar-refractivity contribution in [1.82, 2.24) is 19.2 Å². The lowest BCUT2D eigenvalue weighted by Gasteiger charge is -2.15. The van der Waals surface area contributed by atoms with Crippen molar-refractivity contribution >= 4 is 56.5 Å². The largest absolute Gasteiger partial charge is 0.417 e. The molecule has 0 aliphatic heterocycles. The lowest BCUT2D eigenvalue weighted by atomic mass is 10.2. The van der Waals surface area contributed by atoms with Gasteiger partial charge in [0.15, 0.2) is 0 Å². The van der Waals surface area contributed by atoms with E-state index in [-0.39, 0.29) is 27.8 Å². The van der Waals surface area contributed by atoms with E-state index in [2.05, 4.69) is 31.3 Å².